The van der Waals surface area contributed by atoms with Crippen LogP contribution < -0.4 is 5.32 Å². The molecule has 2 unspecified atom stereocenters. The van der Waals surface area contributed by atoms with Crippen LogP contribution in [0.1, 0.15) is 26.2 Å². The lowest BCUT2D eigenvalue weighted by atomic mass is 10.1. The van der Waals surface area contributed by atoms with E-state index in [9.17, 15) is 4.79 Å². The second-order valence-corrected chi connectivity index (χ2v) is 2.77. The Bertz CT molecular complexity index is 200. The topological polar surface area (TPSA) is 93.3 Å². The van der Waals surface area contributed by atoms with Crippen molar-refractivity contribution in [1.82, 2.24) is 5.32 Å². The quantitative estimate of drug-likeness (QED) is 0.551. The van der Waals surface area contributed by atoms with E-state index in [1.807, 2.05) is 6.92 Å². The van der Waals surface area contributed by atoms with Gasteiger partial charge in [-0.2, -0.15) is 5.26 Å². The fourth-order valence-electron chi connectivity index (χ4n) is 0.982. The number of hydrogen-bond acceptors (Lipinski definition) is 3. The molecule has 0 radical (unpaired) electrons. The number of rotatable bonds is 5. The van der Waals surface area contributed by atoms with E-state index in [0.29, 0.717) is 6.42 Å². The normalized spacial score (nSPS) is 14.2. The van der Waals surface area contributed by atoms with Gasteiger partial charge in [0.1, 0.15) is 0 Å². The predicted molar refractivity (Wildman–Crippen MR) is 46.1 cm³/mol. The third-order valence-electron chi connectivity index (χ3n) is 1.69. The molecule has 0 bridgehead atoms. The summed E-state index contributed by atoms with van der Waals surface area (Å²) in [6.45, 7) is 1.95. The maximum absolute atomic E-state index is 10.3. The van der Waals surface area contributed by atoms with Crippen molar-refractivity contribution in [2.75, 3.05) is 0 Å². The molecule has 0 aromatic rings. The minimum atomic E-state index is -1.26. The summed E-state index contributed by atoms with van der Waals surface area (Å²) in [6, 6.07) is 0.931. The Kier molecular flexibility index (Phi) is 5.64. The van der Waals surface area contributed by atoms with E-state index < -0.39 is 18.2 Å². The van der Waals surface area contributed by atoms with Crippen LogP contribution in [0.5, 0.6) is 0 Å². The molecule has 0 saturated heterocycles. The highest BCUT2D eigenvalue weighted by atomic mass is 16.4. The molecule has 0 fully saturated rings. The molecule has 0 aliphatic carbocycles. The van der Waals surface area contributed by atoms with E-state index in [2.05, 4.69) is 5.32 Å². The fraction of sp³-hybridized carbons (Fsp3) is 0.750. The van der Waals surface area contributed by atoms with Crippen LogP contribution in [0.3, 0.4) is 0 Å². The first-order chi connectivity index (χ1) is 6.11. The van der Waals surface area contributed by atoms with Crippen LogP contribution >= 0.6 is 0 Å². The van der Waals surface area contributed by atoms with E-state index >= 15 is 0 Å². The number of nitrogens with zero attached hydrogens (tertiary/aromatic N) is 1. The molecule has 0 aromatic carbocycles. The highest BCUT2D eigenvalue weighted by molar-refractivity contribution is 5.65. The van der Waals surface area contributed by atoms with Crippen molar-refractivity contribution in [3.63, 3.8) is 0 Å². The molecule has 5 heteroatoms. The van der Waals surface area contributed by atoms with Crippen molar-refractivity contribution in [1.29, 1.82) is 5.26 Å². The van der Waals surface area contributed by atoms with Crippen LogP contribution in [-0.2, 0) is 0 Å². The summed E-state index contributed by atoms with van der Waals surface area (Å²) >= 11 is 0. The second-order valence-electron chi connectivity index (χ2n) is 2.77. The molecule has 5 nitrogen and oxygen atoms in total. The van der Waals surface area contributed by atoms with Crippen LogP contribution in [0.25, 0.3) is 0 Å². The third-order valence-corrected chi connectivity index (χ3v) is 1.69. The fourth-order valence-corrected chi connectivity index (χ4v) is 0.982. The van der Waals surface area contributed by atoms with Gasteiger partial charge in [0.05, 0.1) is 12.1 Å². The average Bonchev–Trinajstić information content (AvgIpc) is 2.10. The van der Waals surface area contributed by atoms with Crippen molar-refractivity contribution in [2.45, 2.75) is 38.3 Å². The van der Waals surface area contributed by atoms with Crippen molar-refractivity contribution in [3.05, 3.63) is 0 Å². The van der Waals surface area contributed by atoms with E-state index in [1.165, 1.54) is 0 Å². The average molecular weight is 186 g/mol. The third kappa shape index (κ3) is 5.04. The molecule has 0 aliphatic rings. The molecular formula is C8H14N2O3. The number of carbonyl (C=O) groups is 1. The monoisotopic (exact) mass is 186 g/mol. The minimum Gasteiger partial charge on any atom is -0.465 e. The largest absolute Gasteiger partial charge is 0.465 e. The summed E-state index contributed by atoms with van der Waals surface area (Å²) in [6.07, 6.45) is -0.310. The number of amides is 1. The lowest BCUT2D eigenvalue weighted by Crippen LogP contribution is -2.42. The number of nitrogens with one attached hydrogen (secondary N) is 1. The summed E-state index contributed by atoms with van der Waals surface area (Å²) in [7, 11) is 0. The number of aliphatic hydroxyl groups excluding tert-OH is 1. The first-order valence-electron chi connectivity index (χ1n) is 4.19. The van der Waals surface area contributed by atoms with Gasteiger partial charge in [-0.3, -0.25) is 0 Å². The van der Waals surface area contributed by atoms with Gasteiger partial charge < -0.3 is 15.5 Å². The lowest BCUT2D eigenvalue weighted by molar-refractivity contribution is 0.150. The van der Waals surface area contributed by atoms with Gasteiger partial charge in [-0.25, -0.2) is 4.79 Å². The Morgan fingerprint density at radius 2 is 2.31 bits per heavy atom. The van der Waals surface area contributed by atoms with E-state index in [4.69, 9.17) is 15.5 Å². The number of aliphatic hydroxyl groups is 1. The molecule has 1 amide bonds. The summed E-state index contributed by atoms with van der Waals surface area (Å²) < 4.78 is 0. The molecule has 0 spiro atoms. The van der Waals surface area contributed by atoms with Gasteiger partial charge in [0, 0.05) is 0 Å². The Morgan fingerprint density at radius 1 is 1.69 bits per heavy atom. The standard InChI is InChI=1S/C8H14N2O3/c1-2-3-4-6(7(11)5-9)10-8(12)13/h6-7,10-11H,2-4H2,1H3,(H,12,13). The van der Waals surface area contributed by atoms with Crippen molar-refractivity contribution in [3.8, 4) is 6.07 Å². The minimum absolute atomic E-state index is 0.484. The SMILES string of the molecule is CCCCC(NC(=O)O)C(O)C#N. The zero-order valence-electron chi connectivity index (χ0n) is 7.53. The molecule has 0 saturated carbocycles. The van der Waals surface area contributed by atoms with Gasteiger partial charge in [0.15, 0.2) is 6.10 Å². The maximum atomic E-state index is 10.3. The first-order valence-corrected chi connectivity index (χ1v) is 4.19. The van der Waals surface area contributed by atoms with Gasteiger partial charge in [-0.1, -0.05) is 19.8 Å². The van der Waals surface area contributed by atoms with E-state index in [-0.39, 0.29) is 0 Å². The number of carboxylic acid groups (broad SMARTS) is 1. The van der Waals surface area contributed by atoms with Crippen LogP contribution in [0.2, 0.25) is 0 Å². The predicted octanol–water partition coefficient (Wildman–Crippen LogP) is 0.697. The molecule has 0 aliphatic heterocycles. The summed E-state index contributed by atoms with van der Waals surface area (Å²) in [5, 5.41) is 28.0. The molecule has 2 atom stereocenters. The molecule has 0 aromatic heterocycles. The molecule has 0 heterocycles. The number of hydrogen-bond donors (Lipinski definition) is 3. The summed E-state index contributed by atoms with van der Waals surface area (Å²) in [5.41, 5.74) is 0. The van der Waals surface area contributed by atoms with Crippen LogP contribution in [0, 0.1) is 11.3 Å². The number of unbranched alkanes of at least 4 members (excludes halogenated alkanes) is 1. The Morgan fingerprint density at radius 3 is 2.69 bits per heavy atom. The van der Waals surface area contributed by atoms with Crippen LogP contribution in [-0.4, -0.2) is 28.5 Å². The molecule has 0 rings (SSSR count). The Balaban J connectivity index is 4.03. The zero-order valence-corrected chi connectivity index (χ0v) is 7.53. The summed E-state index contributed by atoms with van der Waals surface area (Å²) in [5.74, 6) is 0. The van der Waals surface area contributed by atoms with Gasteiger partial charge in [-0.05, 0) is 6.42 Å². The maximum Gasteiger partial charge on any atom is 0.405 e. The van der Waals surface area contributed by atoms with Gasteiger partial charge >= 0.3 is 6.09 Å². The summed E-state index contributed by atoms with van der Waals surface area (Å²) in [4.78, 5) is 10.3. The zero-order chi connectivity index (χ0) is 10.3. The van der Waals surface area contributed by atoms with Gasteiger partial charge in [0.2, 0.25) is 0 Å². The van der Waals surface area contributed by atoms with Crippen LogP contribution in [0.4, 0.5) is 4.79 Å². The van der Waals surface area contributed by atoms with Crippen molar-refractivity contribution >= 4 is 6.09 Å². The smallest absolute Gasteiger partial charge is 0.405 e. The Hall–Kier alpha value is -1.28. The molecule has 3 N–H and O–H groups in total. The van der Waals surface area contributed by atoms with Gasteiger partial charge in [-0.15, -0.1) is 0 Å². The molecule has 74 valence electrons. The second kappa shape index (κ2) is 6.26. The van der Waals surface area contributed by atoms with Crippen molar-refractivity contribution in [2.24, 2.45) is 0 Å². The van der Waals surface area contributed by atoms with Crippen LogP contribution in [0.15, 0.2) is 0 Å². The lowest BCUT2D eigenvalue weighted by Gasteiger charge is -2.17. The van der Waals surface area contributed by atoms with E-state index in [0.717, 1.165) is 12.8 Å². The van der Waals surface area contributed by atoms with Gasteiger partial charge in [0.25, 0.3) is 0 Å². The molecule has 13 heavy (non-hydrogen) atoms. The van der Waals surface area contributed by atoms with Crippen molar-refractivity contribution < 1.29 is 15.0 Å². The highest BCUT2D eigenvalue weighted by Gasteiger charge is 2.19. The molecular weight excluding hydrogens is 172 g/mol. The Labute approximate surface area is 77.0 Å². The first kappa shape index (κ1) is 11.7. The number of nitriles is 1. The highest BCUT2D eigenvalue weighted by Crippen LogP contribution is 2.04. The van der Waals surface area contributed by atoms with E-state index in [1.54, 1.807) is 6.07 Å².